The van der Waals surface area contributed by atoms with Crippen LogP contribution in [0.15, 0.2) is 96.1 Å². The van der Waals surface area contributed by atoms with Crippen LogP contribution in [0, 0.1) is 25.7 Å². The van der Waals surface area contributed by atoms with Gasteiger partial charge in [0.1, 0.15) is 0 Å². The Labute approximate surface area is 198 Å². The van der Waals surface area contributed by atoms with Gasteiger partial charge in [-0.3, -0.25) is 19.2 Å². The lowest BCUT2D eigenvalue weighted by Gasteiger charge is -2.55. The minimum absolute atomic E-state index is 0.180. The molecule has 2 aromatic rings. The summed E-state index contributed by atoms with van der Waals surface area (Å²) >= 11 is 0. The molecule has 1 fully saturated rings. The molecule has 0 bridgehead atoms. The number of hydrogen-bond acceptors (Lipinski definition) is 4. The summed E-state index contributed by atoms with van der Waals surface area (Å²) in [6.07, 6.45) is 8.16. The van der Waals surface area contributed by atoms with Crippen molar-refractivity contribution < 1.29 is 19.2 Å². The zero-order chi connectivity index (χ0) is 24.0. The molecule has 0 unspecified atom stereocenters. The van der Waals surface area contributed by atoms with E-state index in [2.05, 4.69) is 0 Å². The molecule has 0 saturated heterocycles. The minimum Gasteiger partial charge on any atom is -0.290 e. The highest BCUT2D eigenvalue weighted by molar-refractivity contribution is 6.19. The van der Waals surface area contributed by atoms with Gasteiger partial charge in [0, 0.05) is 23.0 Å². The monoisotopic (exact) mass is 448 g/mol. The third-order valence-corrected chi connectivity index (χ3v) is 7.32. The molecule has 0 aromatic heterocycles. The van der Waals surface area contributed by atoms with Gasteiger partial charge < -0.3 is 0 Å². The molecule has 1 saturated carbocycles. The van der Waals surface area contributed by atoms with Crippen molar-refractivity contribution in [2.24, 2.45) is 11.8 Å². The molecule has 34 heavy (non-hydrogen) atoms. The Kier molecular flexibility index (Phi) is 5.45. The highest BCUT2D eigenvalue weighted by atomic mass is 16.1. The van der Waals surface area contributed by atoms with Crippen LogP contribution in [-0.4, -0.2) is 23.1 Å². The molecule has 3 aliphatic carbocycles. The molecule has 0 aliphatic heterocycles. The second-order valence-electron chi connectivity index (χ2n) is 9.22. The molecule has 168 valence electrons. The van der Waals surface area contributed by atoms with Gasteiger partial charge >= 0.3 is 0 Å². The van der Waals surface area contributed by atoms with E-state index in [-0.39, 0.29) is 46.8 Å². The summed E-state index contributed by atoms with van der Waals surface area (Å²) in [5, 5.41) is 0. The average Bonchev–Trinajstić information content (AvgIpc) is 2.80. The van der Waals surface area contributed by atoms with E-state index in [4.69, 9.17) is 0 Å². The third-order valence-electron chi connectivity index (χ3n) is 7.32. The van der Waals surface area contributed by atoms with Gasteiger partial charge in [-0.25, -0.2) is 0 Å². The van der Waals surface area contributed by atoms with Crippen molar-refractivity contribution in [3.8, 4) is 0 Å². The molecule has 2 aromatic carbocycles. The van der Waals surface area contributed by atoms with Crippen LogP contribution in [0.2, 0.25) is 0 Å². The van der Waals surface area contributed by atoms with Crippen LogP contribution >= 0.6 is 0 Å². The zero-order valence-electron chi connectivity index (χ0n) is 19.0. The zero-order valence-corrected chi connectivity index (χ0v) is 19.0. The molecule has 3 aliphatic rings. The largest absolute Gasteiger partial charge is 0.290 e. The molecule has 0 heterocycles. The maximum atomic E-state index is 13.0. The highest BCUT2D eigenvalue weighted by Gasteiger charge is 2.56. The van der Waals surface area contributed by atoms with Gasteiger partial charge in [-0.15, -0.1) is 0 Å². The molecule has 0 spiro atoms. The fraction of sp³-hybridized carbons (Fsp3) is 0.200. The van der Waals surface area contributed by atoms with Crippen molar-refractivity contribution in [1.82, 2.24) is 0 Å². The number of hydrogen-bond donors (Lipinski definition) is 0. The summed E-state index contributed by atoms with van der Waals surface area (Å²) in [5.41, 5.74) is 5.07. The van der Waals surface area contributed by atoms with Gasteiger partial charge in [0.15, 0.2) is 23.1 Å². The van der Waals surface area contributed by atoms with Crippen LogP contribution in [-0.2, 0) is 19.2 Å². The van der Waals surface area contributed by atoms with Crippen molar-refractivity contribution in [1.29, 1.82) is 0 Å². The van der Waals surface area contributed by atoms with E-state index in [0.29, 0.717) is 11.1 Å². The Balaban J connectivity index is 1.75. The van der Waals surface area contributed by atoms with Crippen molar-refractivity contribution in [3.63, 3.8) is 0 Å². The summed E-state index contributed by atoms with van der Waals surface area (Å²) in [6, 6.07) is 15.9. The first-order valence-corrected chi connectivity index (χ1v) is 11.4. The van der Waals surface area contributed by atoms with Crippen molar-refractivity contribution in [2.75, 3.05) is 0 Å². The molecule has 4 heteroatoms. The quantitative estimate of drug-likeness (QED) is 0.637. The molecule has 0 N–H and O–H groups in total. The molecule has 4 nitrogen and oxygen atoms in total. The van der Waals surface area contributed by atoms with Gasteiger partial charge in [0.05, 0.1) is 0 Å². The molecule has 0 atom stereocenters. The molecule has 0 radical (unpaired) electrons. The number of carbonyl (C=O) groups excluding carboxylic acids is 4. The Morgan fingerprint density at radius 3 is 1.26 bits per heavy atom. The molecular weight excluding hydrogens is 424 g/mol. The number of carbonyl (C=O) groups is 4. The lowest BCUT2D eigenvalue weighted by atomic mass is 9.47. The first-order valence-electron chi connectivity index (χ1n) is 11.4. The van der Waals surface area contributed by atoms with E-state index in [0.717, 1.165) is 22.3 Å². The Morgan fingerprint density at radius 1 is 0.500 bits per heavy atom. The van der Waals surface area contributed by atoms with E-state index in [1.165, 1.54) is 36.5 Å². The minimum atomic E-state index is -0.302. The maximum absolute atomic E-state index is 13.0. The summed E-state index contributed by atoms with van der Waals surface area (Å²) in [5.74, 6) is -1.84. The van der Waals surface area contributed by atoms with Crippen LogP contribution in [0.3, 0.4) is 0 Å². The number of aryl methyl sites for hydroxylation is 2. The fourth-order valence-electron chi connectivity index (χ4n) is 5.79. The van der Waals surface area contributed by atoms with Gasteiger partial charge in [-0.1, -0.05) is 48.5 Å². The van der Waals surface area contributed by atoms with Crippen molar-refractivity contribution in [2.45, 2.75) is 25.7 Å². The first-order chi connectivity index (χ1) is 16.4. The number of ketones is 4. The van der Waals surface area contributed by atoms with Crippen LogP contribution in [0.25, 0.3) is 0 Å². The van der Waals surface area contributed by atoms with E-state index >= 15 is 0 Å². The van der Waals surface area contributed by atoms with E-state index < -0.39 is 0 Å². The Hall–Kier alpha value is -3.92. The van der Waals surface area contributed by atoms with Gasteiger partial charge in [-0.2, -0.15) is 0 Å². The Bertz CT molecular complexity index is 1250. The predicted molar refractivity (Wildman–Crippen MR) is 129 cm³/mol. The summed E-state index contributed by atoms with van der Waals surface area (Å²) in [4.78, 5) is 50.7. The van der Waals surface area contributed by atoms with Crippen molar-refractivity contribution >= 4 is 23.1 Å². The fourth-order valence-corrected chi connectivity index (χ4v) is 5.79. The van der Waals surface area contributed by atoms with E-state index in [9.17, 15) is 19.2 Å². The molecule has 5 rings (SSSR count). The maximum Gasteiger partial charge on any atom is 0.182 e. The summed E-state index contributed by atoms with van der Waals surface area (Å²) in [7, 11) is 0. The third kappa shape index (κ3) is 3.56. The van der Waals surface area contributed by atoms with E-state index in [1.54, 1.807) is 0 Å². The lowest BCUT2D eigenvalue weighted by molar-refractivity contribution is -0.116. The average molecular weight is 449 g/mol. The first kappa shape index (κ1) is 21.9. The van der Waals surface area contributed by atoms with Crippen molar-refractivity contribution in [3.05, 3.63) is 118 Å². The second kappa shape index (κ2) is 8.45. The highest BCUT2D eigenvalue weighted by Crippen LogP contribution is 2.64. The summed E-state index contributed by atoms with van der Waals surface area (Å²) in [6.45, 7) is 4.02. The number of benzene rings is 2. The Morgan fingerprint density at radius 2 is 0.882 bits per heavy atom. The van der Waals surface area contributed by atoms with Crippen LogP contribution in [0.1, 0.15) is 34.1 Å². The summed E-state index contributed by atoms with van der Waals surface area (Å²) < 4.78 is 0. The number of allylic oxidation sites excluding steroid dienone is 8. The smallest absolute Gasteiger partial charge is 0.182 e. The van der Waals surface area contributed by atoms with Crippen LogP contribution < -0.4 is 0 Å². The number of rotatable bonds is 4. The normalized spacial score (nSPS) is 26.3. The van der Waals surface area contributed by atoms with Gasteiger partial charge in [0.2, 0.25) is 0 Å². The predicted octanol–water partition coefficient (Wildman–Crippen LogP) is 4.69. The molecular formula is C30H24O4. The topological polar surface area (TPSA) is 68.3 Å². The van der Waals surface area contributed by atoms with Crippen LogP contribution in [0.5, 0.6) is 0 Å². The lowest BCUT2D eigenvalue weighted by Crippen LogP contribution is -2.48. The second-order valence-corrected chi connectivity index (χ2v) is 9.22. The molecule has 0 amide bonds. The standard InChI is InChI=1S/C30H24O4/c1-17-7-3-5-9-21(17)27-29(23-15-19(31)11-13-25(23)33)28(22-10-6-4-8-18(22)2)30(27)24-16-20(32)12-14-26(24)34/h3-16,27-30H,1-2H3. The van der Waals surface area contributed by atoms with Crippen LogP contribution in [0.4, 0.5) is 0 Å². The van der Waals surface area contributed by atoms with Gasteiger partial charge in [-0.05, 0) is 84.4 Å². The van der Waals surface area contributed by atoms with Gasteiger partial charge in [0.25, 0.3) is 0 Å². The SMILES string of the molecule is Cc1ccccc1C1C(C2=CC(=O)C=CC2=O)C(c2ccccc2C)C1C1=CC(=O)C=CC1=O. The van der Waals surface area contributed by atoms with E-state index in [1.807, 2.05) is 62.4 Å².